The third-order valence-corrected chi connectivity index (χ3v) is 2.36. The first-order chi connectivity index (χ1) is 9.45. The van der Waals surface area contributed by atoms with Gasteiger partial charge in [-0.2, -0.15) is 0 Å². The first-order valence-electron chi connectivity index (χ1n) is 5.38. The summed E-state index contributed by atoms with van der Waals surface area (Å²) in [7, 11) is 0. The van der Waals surface area contributed by atoms with Crippen molar-refractivity contribution in [1.82, 2.24) is 0 Å². The van der Waals surface area contributed by atoms with E-state index < -0.39 is 22.5 Å². The van der Waals surface area contributed by atoms with Crippen molar-refractivity contribution < 1.29 is 23.2 Å². The van der Waals surface area contributed by atoms with Gasteiger partial charge in [0.2, 0.25) is 0 Å². The molecule has 2 aromatic rings. The molecular weight excluding hydrogens is 272 g/mol. The van der Waals surface area contributed by atoms with Crippen molar-refractivity contribution in [2.45, 2.75) is 0 Å². The number of nitrogens with zero attached hydrogens (tertiary/aromatic N) is 1. The maximum atomic E-state index is 12.9. The van der Waals surface area contributed by atoms with Crippen LogP contribution < -0.4 is 4.74 Å². The van der Waals surface area contributed by atoms with Crippen LogP contribution in [0.25, 0.3) is 0 Å². The summed E-state index contributed by atoms with van der Waals surface area (Å²) in [4.78, 5) is 21.5. The molecule has 0 aliphatic heterocycles. The second-order valence-corrected chi connectivity index (χ2v) is 3.80. The van der Waals surface area contributed by atoms with Gasteiger partial charge in [-0.15, -0.1) is 0 Å². The predicted molar refractivity (Wildman–Crippen MR) is 64.4 cm³/mol. The van der Waals surface area contributed by atoms with Gasteiger partial charge in [-0.05, 0) is 12.1 Å². The molecule has 0 aliphatic carbocycles. The summed E-state index contributed by atoms with van der Waals surface area (Å²) in [6.45, 7) is 0. The molecule has 0 aromatic heterocycles. The van der Waals surface area contributed by atoms with Crippen LogP contribution in [-0.4, -0.2) is 10.9 Å². The fourth-order valence-corrected chi connectivity index (χ4v) is 1.47. The number of benzene rings is 2. The normalized spacial score (nSPS) is 10.1. The number of carbonyl (C=O) groups excluding carboxylic acids is 1. The monoisotopic (exact) mass is 279 g/mol. The highest BCUT2D eigenvalue weighted by atomic mass is 19.1. The lowest BCUT2D eigenvalue weighted by atomic mass is 10.2. The quantitative estimate of drug-likeness (QED) is 0.374. The van der Waals surface area contributed by atoms with E-state index in [1.54, 1.807) is 0 Å². The molecule has 2 aromatic carbocycles. The minimum atomic E-state index is -0.878. The van der Waals surface area contributed by atoms with Gasteiger partial charge in [0.05, 0.1) is 10.5 Å². The molecule has 20 heavy (non-hydrogen) atoms. The van der Waals surface area contributed by atoms with Crippen LogP contribution in [0.5, 0.6) is 5.75 Å². The second kappa shape index (κ2) is 5.43. The molecule has 0 saturated carbocycles. The lowest BCUT2D eigenvalue weighted by molar-refractivity contribution is -0.384. The minimum Gasteiger partial charge on any atom is -0.423 e. The van der Waals surface area contributed by atoms with Crippen molar-refractivity contribution in [2.75, 3.05) is 0 Å². The maximum absolute atomic E-state index is 12.9. The van der Waals surface area contributed by atoms with E-state index in [4.69, 9.17) is 4.74 Å². The largest absolute Gasteiger partial charge is 0.423 e. The Labute approximate surface area is 111 Å². The summed E-state index contributed by atoms with van der Waals surface area (Å²) in [5.74, 6) is -2.91. The van der Waals surface area contributed by atoms with Crippen LogP contribution in [0.2, 0.25) is 0 Å². The lowest BCUT2D eigenvalue weighted by Gasteiger charge is -2.04. The molecular formula is C13H7F2NO4. The summed E-state index contributed by atoms with van der Waals surface area (Å²) >= 11 is 0. The fraction of sp³-hybridized carbons (Fsp3) is 0. The van der Waals surface area contributed by atoms with Crippen molar-refractivity contribution in [2.24, 2.45) is 0 Å². The van der Waals surface area contributed by atoms with Gasteiger partial charge in [0, 0.05) is 30.3 Å². The van der Waals surface area contributed by atoms with Gasteiger partial charge in [-0.1, -0.05) is 0 Å². The predicted octanol–water partition coefficient (Wildman–Crippen LogP) is 3.09. The number of nitro benzene ring substituents is 1. The Hall–Kier alpha value is -2.83. The molecule has 0 unspecified atom stereocenters. The Balaban J connectivity index is 2.17. The van der Waals surface area contributed by atoms with E-state index in [1.807, 2.05) is 0 Å². The highest BCUT2D eigenvalue weighted by Crippen LogP contribution is 2.18. The number of hydrogen-bond donors (Lipinski definition) is 0. The molecule has 5 nitrogen and oxygen atoms in total. The van der Waals surface area contributed by atoms with E-state index in [9.17, 15) is 23.7 Å². The highest BCUT2D eigenvalue weighted by Gasteiger charge is 2.12. The average molecular weight is 279 g/mol. The van der Waals surface area contributed by atoms with Gasteiger partial charge in [-0.25, -0.2) is 13.6 Å². The van der Waals surface area contributed by atoms with Crippen LogP contribution in [0.1, 0.15) is 10.4 Å². The molecule has 102 valence electrons. The zero-order valence-corrected chi connectivity index (χ0v) is 9.88. The summed E-state index contributed by atoms with van der Waals surface area (Å²) in [6.07, 6.45) is 0. The van der Waals surface area contributed by atoms with Crippen molar-refractivity contribution in [3.63, 3.8) is 0 Å². The van der Waals surface area contributed by atoms with Gasteiger partial charge >= 0.3 is 5.97 Å². The Kier molecular flexibility index (Phi) is 3.69. The number of esters is 1. The summed E-state index contributed by atoms with van der Waals surface area (Å²) in [5.41, 5.74) is -0.154. The van der Waals surface area contributed by atoms with E-state index in [1.165, 1.54) is 12.1 Å². The van der Waals surface area contributed by atoms with Crippen LogP contribution in [0.3, 0.4) is 0 Å². The minimum absolute atomic E-state index is 0.0280. The number of ether oxygens (including phenoxy) is 1. The van der Waals surface area contributed by atoms with Crippen molar-refractivity contribution in [3.05, 3.63) is 69.8 Å². The van der Waals surface area contributed by atoms with E-state index in [-0.39, 0.29) is 17.0 Å². The Morgan fingerprint density at radius 2 is 1.60 bits per heavy atom. The SMILES string of the molecule is O=C(Oc1cc(F)cc(F)c1)c1ccc([N+](=O)[O-])cc1. The number of carbonyl (C=O) groups is 1. The number of nitro groups is 1. The van der Waals surface area contributed by atoms with Crippen LogP contribution in [0.15, 0.2) is 42.5 Å². The third-order valence-electron chi connectivity index (χ3n) is 2.36. The van der Waals surface area contributed by atoms with E-state index in [2.05, 4.69) is 0 Å². The van der Waals surface area contributed by atoms with Gasteiger partial charge < -0.3 is 4.74 Å². The van der Waals surface area contributed by atoms with Crippen molar-refractivity contribution >= 4 is 11.7 Å². The summed E-state index contributed by atoms with van der Waals surface area (Å²) < 4.78 is 30.6. The molecule has 0 atom stereocenters. The molecule has 0 saturated heterocycles. The number of halogens is 2. The van der Waals surface area contributed by atoms with E-state index in [0.717, 1.165) is 24.3 Å². The van der Waals surface area contributed by atoms with Gasteiger partial charge in [0.15, 0.2) is 0 Å². The van der Waals surface area contributed by atoms with E-state index >= 15 is 0 Å². The van der Waals surface area contributed by atoms with Gasteiger partial charge in [-0.3, -0.25) is 10.1 Å². The summed E-state index contributed by atoms with van der Waals surface area (Å²) in [5, 5.41) is 10.5. The topological polar surface area (TPSA) is 69.4 Å². The molecule has 0 fully saturated rings. The van der Waals surface area contributed by atoms with E-state index in [0.29, 0.717) is 6.07 Å². The fourth-order valence-electron chi connectivity index (χ4n) is 1.47. The standard InChI is InChI=1S/C13H7F2NO4/c14-9-5-10(15)7-12(6-9)20-13(17)8-1-3-11(4-2-8)16(18)19/h1-7H. The third kappa shape index (κ3) is 3.14. The van der Waals surface area contributed by atoms with Crippen LogP contribution in [-0.2, 0) is 0 Å². The number of non-ortho nitro benzene ring substituents is 1. The molecule has 0 aliphatic rings. The molecule has 0 amide bonds. The average Bonchev–Trinajstić information content (AvgIpc) is 2.37. The van der Waals surface area contributed by atoms with Crippen LogP contribution in [0.4, 0.5) is 14.5 Å². The lowest BCUT2D eigenvalue weighted by Crippen LogP contribution is -2.08. The smallest absolute Gasteiger partial charge is 0.343 e. The Morgan fingerprint density at radius 1 is 1.05 bits per heavy atom. The molecule has 7 heteroatoms. The Bertz CT molecular complexity index is 650. The van der Waals surface area contributed by atoms with Crippen molar-refractivity contribution in [1.29, 1.82) is 0 Å². The number of rotatable bonds is 3. The molecule has 0 bridgehead atoms. The molecule has 2 rings (SSSR count). The van der Waals surface area contributed by atoms with Crippen LogP contribution >= 0.6 is 0 Å². The van der Waals surface area contributed by atoms with Crippen molar-refractivity contribution in [3.8, 4) is 5.75 Å². The maximum Gasteiger partial charge on any atom is 0.343 e. The molecule has 0 radical (unpaired) electrons. The Morgan fingerprint density at radius 3 is 2.10 bits per heavy atom. The molecule has 0 heterocycles. The van der Waals surface area contributed by atoms with Gasteiger partial charge in [0.25, 0.3) is 5.69 Å². The number of hydrogen-bond acceptors (Lipinski definition) is 4. The first kappa shape index (κ1) is 13.6. The first-order valence-corrected chi connectivity index (χ1v) is 5.38. The highest BCUT2D eigenvalue weighted by molar-refractivity contribution is 5.91. The zero-order valence-electron chi connectivity index (χ0n) is 9.88. The second-order valence-electron chi connectivity index (χ2n) is 3.80. The zero-order chi connectivity index (χ0) is 14.7. The molecule has 0 N–H and O–H groups in total. The van der Waals surface area contributed by atoms with Crippen LogP contribution in [0, 0.1) is 21.7 Å². The van der Waals surface area contributed by atoms with Gasteiger partial charge in [0.1, 0.15) is 17.4 Å². The summed E-state index contributed by atoms with van der Waals surface area (Å²) in [6, 6.07) is 6.99. The molecule has 0 spiro atoms.